The van der Waals surface area contributed by atoms with E-state index in [0.717, 1.165) is 23.7 Å². The van der Waals surface area contributed by atoms with Gasteiger partial charge in [0.05, 0.1) is 0 Å². The fourth-order valence-electron chi connectivity index (χ4n) is 2.87. The lowest BCUT2D eigenvalue weighted by Gasteiger charge is -2.22. The molecule has 106 valence electrons. The molecule has 0 aromatic carbocycles. The number of nitrogens with one attached hydrogen (secondary N) is 1. The van der Waals surface area contributed by atoms with Crippen molar-refractivity contribution in [2.24, 2.45) is 22.7 Å². The number of hydrogen-bond acceptors (Lipinski definition) is 1. The quantitative estimate of drug-likeness (QED) is 0.473. The average Bonchev–Trinajstić information content (AvgIpc) is 2.75. The molecule has 0 spiro atoms. The van der Waals surface area contributed by atoms with Crippen molar-refractivity contribution in [3.63, 3.8) is 0 Å². The fraction of sp³-hybridized carbons (Fsp3) is 0.929. The lowest BCUT2D eigenvalue weighted by molar-refractivity contribution is 0.403. The predicted octanol–water partition coefficient (Wildman–Crippen LogP) is 2.96. The summed E-state index contributed by atoms with van der Waals surface area (Å²) in [4.78, 5) is 6.87. The third-order valence-electron chi connectivity index (χ3n) is 4.03. The molecule has 18 heavy (non-hydrogen) atoms. The minimum Gasteiger partial charge on any atom is -0.353 e. The van der Waals surface area contributed by atoms with Gasteiger partial charge in [-0.05, 0) is 37.0 Å². The number of halogens is 1. The molecule has 2 fully saturated rings. The van der Waals surface area contributed by atoms with E-state index < -0.39 is 0 Å². The molecule has 0 bridgehead atoms. The monoisotopic (exact) mass is 365 g/mol. The summed E-state index contributed by atoms with van der Waals surface area (Å²) in [6.07, 6.45) is 3.99. The molecule has 2 aliphatic rings. The Morgan fingerprint density at radius 3 is 2.61 bits per heavy atom. The summed E-state index contributed by atoms with van der Waals surface area (Å²) >= 11 is 0. The van der Waals surface area contributed by atoms with Gasteiger partial charge in [0.25, 0.3) is 0 Å². The number of hydrogen-bond donors (Lipinski definition) is 1. The number of aliphatic imine (C=N–C) groups is 1. The Bertz CT molecular complexity index is 291. The average molecular weight is 365 g/mol. The highest BCUT2D eigenvalue weighted by Gasteiger charge is 2.35. The zero-order valence-corrected chi connectivity index (χ0v) is 14.5. The van der Waals surface area contributed by atoms with Crippen LogP contribution in [-0.4, -0.2) is 37.0 Å². The Balaban J connectivity index is 0.00000162. The Kier molecular flexibility index (Phi) is 6.21. The van der Waals surface area contributed by atoms with E-state index in [2.05, 4.69) is 36.0 Å². The first-order valence-corrected chi connectivity index (χ1v) is 7.08. The third kappa shape index (κ3) is 4.28. The van der Waals surface area contributed by atoms with Crippen molar-refractivity contribution in [1.29, 1.82) is 0 Å². The number of rotatable bonds is 3. The van der Waals surface area contributed by atoms with Crippen molar-refractivity contribution in [3.05, 3.63) is 0 Å². The maximum absolute atomic E-state index is 4.43. The normalized spacial score (nSPS) is 31.5. The molecule has 1 saturated carbocycles. The van der Waals surface area contributed by atoms with E-state index in [-0.39, 0.29) is 24.0 Å². The van der Waals surface area contributed by atoms with Gasteiger partial charge in [0.2, 0.25) is 0 Å². The maximum Gasteiger partial charge on any atom is 0.193 e. The van der Waals surface area contributed by atoms with Crippen LogP contribution in [0.25, 0.3) is 0 Å². The first-order valence-electron chi connectivity index (χ1n) is 7.08. The molecule has 2 rings (SSSR count). The number of nitrogens with zero attached hydrogens (tertiary/aromatic N) is 2. The third-order valence-corrected chi connectivity index (χ3v) is 4.03. The standard InChI is InChI=1S/C14H27N3.HI/c1-10(2)7-12-5-6-17(9-12)14(15-4)16-13-8-11(13)3;/h10-13H,5-9H2,1-4H3,(H,15,16);1H. The van der Waals surface area contributed by atoms with Gasteiger partial charge in [0.15, 0.2) is 5.96 Å². The van der Waals surface area contributed by atoms with E-state index in [1.165, 1.54) is 32.4 Å². The van der Waals surface area contributed by atoms with Gasteiger partial charge in [0, 0.05) is 26.2 Å². The number of guanidine groups is 1. The highest BCUT2D eigenvalue weighted by Crippen LogP contribution is 2.30. The molecule has 1 heterocycles. The Morgan fingerprint density at radius 1 is 1.44 bits per heavy atom. The Morgan fingerprint density at radius 2 is 2.11 bits per heavy atom. The van der Waals surface area contributed by atoms with E-state index in [9.17, 15) is 0 Å². The van der Waals surface area contributed by atoms with Crippen LogP contribution in [0.3, 0.4) is 0 Å². The van der Waals surface area contributed by atoms with Crippen LogP contribution in [0.15, 0.2) is 4.99 Å². The summed E-state index contributed by atoms with van der Waals surface area (Å²) in [6.45, 7) is 9.32. The fourth-order valence-corrected chi connectivity index (χ4v) is 2.87. The van der Waals surface area contributed by atoms with Crippen LogP contribution in [0, 0.1) is 17.8 Å². The van der Waals surface area contributed by atoms with Crippen LogP contribution < -0.4 is 5.32 Å². The summed E-state index contributed by atoms with van der Waals surface area (Å²) in [6, 6.07) is 0.679. The molecule has 1 N–H and O–H groups in total. The van der Waals surface area contributed by atoms with Crippen LogP contribution in [-0.2, 0) is 0 Å². The molecule has 4 heteroatoms. The van der Waals surface area contributed by atoms with Gasteiger partial charge < -0.3 is 10.2 Å². The van der Waals surface area contributed by atoms with Crippen molar-refractivity contribution in [3.8, 4) is 0 Å². The smallest absolute Gasteiger partial charge is 0.193 e. The second-order valence-corrected chi connectivity index (χ2v) is 6.24. The van der Waals surface area contributed by atoms with Gasteiger partial charge in [-0.1, -0.05) is 20.8 Å². The molecule has 0 aromatic rings. The van der Waals surface area contributed by atoms with Gasteiger partial charge in [-0.3, -0.25) is 4.99 Å². The van der Waals surface area contributed by atoms with Crippen LogP contribution in [0.4, 0.5) is 0 Å². The van der Waals surface area contributed by atoms with Gasteiger partial charge >= 0.3 is 0 Å². The molecule has 0 radical (unpaired) electrons. The summed E-state index contributed by atoms with van der Waals surface area (Å²) in [5, 5.41) is 3.58. The molecule has 1 aliphatic heterocycles. The maximum atomic E-state index is 4.43. The topological polar surface area (TPSA) is 27.6 Å². The van der Waals surface area contributed by atoms with Crippen molar-refractivity contribution in [2.75, 3.05) is 20.1 Å². The van der Waals surface area contributed by atoms with Crippen LogP contribution >= 0.6 is 24.0 Å². The van der Waals surface area contributed by atoms with Gasteiger partial charge in [-0.25, -0.2) is 0 Å². The molecule has 0 aromatic heterocycles. The minimum absolute atomic E-state index is 0. The second kappa shape index (κ2) is 6.96. The molecule has 3 atom stereocenters. The van der Waals surface area contributed by atoms with Crippen LogP contribution in [0.2, 0.25) is 0 Å². The molecular formula is C14H28IN3. The van der Waals surface area contributed by atoms with E-state index in [1.807, 2.05) is 7.05 Å². The SMILES string of the molecule is CN=C(NC1CC1C)N1CCC(CC(C)C)C1.I. The van der Waals surface area contributed by atoms with Gasteiger partial charge in [-0.15, -0.1) is 24.0 Å². The Labute approximate surface area is 129 Å². The summed E-state index contributed by atoms with van der Waals surface area (Å²) in [7, 11) is 1.91. The largest absolute Gasteiger partial charge is 0.353 e. The predicted molar refractivity (Wildman–Crippen MR) is 88.6 cm³/mol. The lowest BCUT2D eigenvalue weighted by Crippen LogP contribution is -2.41. The lowest BCUT2D eigenvalue weighted by atomic mass is 9.97. The number of likely N-dealkylation sites (tertiary alicyclic amines) is 1. The van der Waals surface area contributed by atoms with Crippen LogP contribution in [0.5, 0.6) is 0 Å². The van der Waals surface area contributed by atoms with Crippen molar-refractivity contribution < 1.29 is 0 Å². The molecule has 3 unspecified atom stereocenters. The molecule has 3 nitrogen and oxygen atoms in total. The van der Waals surface area contributed by atoms with E-state index >= 15 is 0 Å². The molecule has 0 amide bonds. The van der Waals surface area contributed by atoms with E-state index in [0.29, 0.717) is 6.04 Å². The van der Waals surface area contributed by atoms with Gasteiger partial charge in [-0.2, -0.15) is 0 Å². The van der Waals surface area contributed by atoms with Gasteiger partial charge in [0.1, 0.15) is 0 Å². The molecule has 1 saturated heterocycles. The van der Waals surface area contributed by atoms with Crippen LogP contribution in [0.1, 0.15) is 40.0 Å². The minimum atomic E-state index is 0. The molecule has 1 aliphatic carbocycles. The van der Waals surface area contributed by atoms with Crippen molar-refractivity contribution in [1.82, 2.24) is 10.2 Å². The van der Waals surface area contributed by atoms with Crippen molar-refractivity contribution in [2.45, 2.75) is 46.1 Å². The summed E-state index contributed by atoms with van der Waals surface area (Å²) < 4.78 is 0. The zero-order chi connectivity index (χ0) is 12.4. The highest BCUT2D eigenvalue weighted by molar-refractivity contribution is 14.0. The summed E-state index contributed by atoms with van der Waals surface area (Å²) in [5.74, 6) is 3.65. The first kappa shape index (κ1) is 16.1. The second-order valence-electron chi connectivity index (χ2n) is 6.24. The van der Waals surface area contributed by atoms with Crippen molar-refractivity contribution >= 4 is 29.9 Å². The highest BCUT2D eigenvalue weighted by atomic mass is 127. The molecular weight excluding hydrogens is 337 g/mol. The summed E-state index contributed by atoms with van der Waals surface area (Å²) in [5.41, 5.74) is 0. The van der Waals surface area contributed by atoms with E-state index in [1.54, 1.807) is 0 Å². The first-order chi connectivity index (χ1) is 8.10. The Hall–Kier alpha value is 0. The van der Waals surface area contributed by atoms with E-state index in [4.69, 9.17) is 0 Å². The zero-order valence-electron chi connectivity index (χ0n) is 12.1.